The molecule has 178 valence electrons. The van der Waals surface area contributed by atoms with E-state index < -0.39 is 0 Å². The summed E-state index contributed by atoms with van der Waals surface area (Å²) in [5, 5.41) is 3.62. The second-order valence-electron chi connectivity index (χ2n) is 8.59. The molecule has 0 spiro atoms. The Bertz CT molecular complexity index is 1750. The summed E-state index contributed by atoms with van der Waals surface area (Å²) < 4.78 is 0. The molecule has 0 aliphatic carbocycles. The lowest BCUT2D eigenvalue weighted by molar-refractivity contribution is 0.102. The van der Waals surface area contributed by atoms with E-state index in [-0.39, 0.29) is 5.91 Å². The zero-order valence-corrected chi connectivity index (χ0v) is 19.8. The molecule has 0 fully saturated rings. The predicted molar refractivity (Wildman–Crippen MR) is 146 cm³/mol. The average Bonchev–Trinajstić information content (AvgIpc) is 2.96. The molecule has 1 amide bonds. The van der Waals surface area contributed by atoms with Crippen LogP contribution in [0.2, 0.25) is 0 Å². The van der Waals surface area contributed by atoms with E-state index in [1.54, 1.807) is 30.7 Å². The van der Waals surface area contributed by atoms with Crippen LogP contribution in [-0.2, 0) is 6.54 Å². The average molecular weight is 483 g/mol. The summed E-state index contributed by atoms with van der Waals surface area (Å²) in [6, 6.07) is 27.3. The Morgan fingerprint density at radius 2 is 1.51 bits per heavy atom. The number of hydrogen-bond acceptors (Lipinski definition) is 6. The number of nitrogens with one attached hydrogen (secondary N) is 1. The van der Waals surface area contributed by atoms with E-state index in [0.717, 1.165) is 33.5 Å². The third kappa shape index (κ3) is 4.39. The monoisotopic (exact) mass is 482 g/mol. The van der Waals surface area contributed by atoms with Crippen molar-refractivity contribution in [1.82, 2.24) is 19.9 Å². The lowest BCUT2D eigenvalue weighted by Crippen LogP contribution is -2.14. The highest BCUT2D eigenvalue weighted by Gasteiger charge is 2.18. The standard InChI is InChI=1S/C30H22N6O/c31-18-19-6-8-21(9-7-19)28-23(20-4-2-1-3-5-20)17-24-25(36-28)12-13-34-29(24)30(37)35-22-10-11-26-27(16-22)33-15-14-32-26/h1-17H,18,31H2,(H,35,37). The molecule has 0 atom stereocenters. The molecule has 0 unspecified atom stereocenters. The number of rotatable bonds is 5. The number of anilines is 1. The number of carbonyl (C=O) groups excluding carboxylic acids is 1. The van der Waals surface area contributed by atoms with Crippen LogP contribution < -0.4 is 11.1 Å². The van der Waals surface area contributed by atoms with E-state index in [1.807, 2.05) is 72.8 Å². The Hall–Kier alpha value is -5.01. The molecule has 37 heavy (non-hydrogen) atoms. The van der Waals surface area contributed by atoms with Crippen molar-refractivity contribution in [2.24, 2.45) is 5.73 Å². The Labute approximate surface area is 213 Å². The van der Waals surface area contributed by atoms with Gasteiger partial charge in [-0.05, 0) is 41.5 Å². The van der Waals surface area contributed by atoms with Gasteiger partial charge >= 0.3 is 0 Å². The van der Waals surface area contributed by atoms with Crippen LogP contribution in [0.3, 0.4) is 0 Å². The molecule has 6 aromatic rings. The van der Waals surface area contributed by atoms with Crippen molar-refractivity contribution >= 4 is 33.5 Å². The summed E-state index contributed by atoms with van der Waals surface area (Å²) in [6.45, 7) is 0.477. The lowest BCUT2D eigenvalue weighted by Gasteiger charge is -2.14. The van der Waals surface area contributed by atoms with Gasteiger partial charge in [-0.15, -0.1) is 0 Å². The van der Waals surface area contributed by atoms with Crippen molar-refractivity contribution in [3.8, 4) is 22.4 Å². The van der Waals surface area contributed by atoms with Gasteiger partial charge in [0.25, 0.3) is 5.91 Å². The van der Waals surface area contributed by atoms with Gasteiger partial charge in [-0.3, -0.25) is 19.7 Å². The van der Waals surface area contributed by atoms with Gasteiger partial charge in [0.05, 0.1) is 22.2 Å². The van der Waals surface area contributed by atoms with E-state index >= 15 is 0 Å². The van der Waals surface area contributed by atoms with Crippen LogP contribution >= 0.6 is 0 Å². The SMILES string of the molecule is NCc1ccc(-c2nc3ccnc(C(=O)Nc4ccc5nccnc5c4)c3cc2-c2ccccc2)cc1. The molecule has 0 bridgehead atoms. The Kier molecular flexibility index (Phi) is 5.80. The zero-order chi connectivity index (χ0) is 25.2. The zero-order valence-electron chi connectivity index (χ0n) is 19.8. The van der Waals surface area contributed by atoms with Gasteiger partial charge in [0, 0.05) is 47.3 Å². The van der Waals surface area contributed by atoms with Gasteiger partial charge in [-0.2, -0.15) is 0 Å². The molecule has 6 rings (SSSR count). The van der Waals surface area contributed by atoms with Crippen molar-refractivity contribution in [3.63, 3.8) is 0 Å². The maximum atomic E-state index is 13.4. The molecular weight excluding hydrogens is 460 g/mol. The van der Waals surface area contributed by atoms with Crippen LogP contribution in [0.5, 0.6) is 0 Å². The van der Waals surface area contributed by atoms with Crippen LogP contribution in [0.4, 0.5) is 5.69 Å². The number of fused-ring (bicyclic) bond motifs is 2. The normalized spacial score (nSPS) is 11.1. The number of amides is 1. The Morgan fingerprint density at radius 3 is 2.30 bits per heavy atom. The third-order valence-corrected chi connectivity index (χ3v) is 6.23. The van der Waals surface area contributed by atoms with Gasteiger partial charge in [-0.25, -0.2) is 4.98 Å². The molecule has 3 heterocycles. The highest BCUT2D eigenvalue weighted by Crippen LogP contribution is 2.34. The fourth-order valence-electron chi connectivity index (χ4n) is 4.36. The van der Waals surface area contributed by atoms with Crippen molar-refractivity contribution in [2.75, 3.05) is 5.32 Å². The molecule has 0 saturated carbocycles. The molecule has 3 N–H and O–H groups in total. The number of pyridine rings is 2. The Morgan fingerprint density at radius 1 is 0.730 bits per heavy atom. The maximum Gasteiger partial charge on any atom is 0.274 e. The van der Waals surface area contributed by atoms with Gasteiger partial charge in [0.1, 0.15) is 5.69 Å². The summed E-state index contributed by atoms with van der Waals surface area (Å²) in [5.74, 6) is -0.324. The summed E-state index contributed by atoms with van der Waals surface area (Å²) >= 11 is 0. The third-order valence-electron chi connectivity index (χ3n) is 6.23. The first-order valence-electron chi connectivity index (χ1n) is 11.9. The molecule has 0 saturated heterocycles. The fourth-order valence-corrected chi connectivity index (χ4v) is 4.36. The van der Waals surface area contributed by atoms with E-state index in [1.165, 1.54) is 0 Å². The topological polar surface area (TPSA) is 107 Å². The van der Waals surface area contributed by atoms with Gasteiger partial charge in [0.2, 0.25) is 0 Å². The van der Waals surface area contributed by atoms with Crippen LogP contribution in [0.1, 0.15) is 16.1 Å². The first-order valence-corrected chi connectivity index (χ1v) is 11.9. The number of nitrogens with two attached hydrogens (primary N) is 1. The predicted octanol–water partition coefficient (Wildman–Crippen LogP) is 5.62. The lowest BCUT2D eigenvalue weighted by atomic mass is 9.96. The fraction of sp³-hybridized carbons (Fsp3) is 0.0333. The number of carbonyl (C=O) groups is 1. The summed E-state index contributed by atoms with van der Waals surface area (Å²) in [7, 11) is 0. The summed E-state index contributed by atoms with van der Waals surface area (Å²) in [5.41, 5.74) is 13.6. The summed E-state index contributed by atoms with van der Waals surface area (Å²) in [6.07, 6.45) is 4.87. The highest BCUT2D eigenvalue weighted by atomic mass is 16.1. The second-order valence-corrected chi connectivity index (χ2v) is 8.59. The van der Waals surface area contributed by atoms with E-state index in [0.29, 0.717) is 34.3 Å². The van der Waals surface area contributed by atoms with Gasteiger partial charge in [0.15, 0.2) is 0 Å². The molecule has 7 heteroatoms. The molecule has 3 aromatic carbocycles. The summed E-state index contributed by atoms with van der Waals surface area (Å²) in [4.78, 5) is 31.4. The number of nitrogens with zero attached hydrogens (tertiary/aromatic N) is 4. The van der Waals surface area contributed by atoms with E-state index in [9.17, 15) is 4.79 Å². The minimum absolute atomic E-state index is 0.298. The van der Waals surface area contributed by atoms with Gasteiger partial charge < -0.3 is 11.1 Å². The largest absolute Gasteiger partial charge is 0.326 e. The van der Waals surface area contributed by atoms with Crippen molar-refractivity contribution in [3.05, 3.63) is 115 Å². The molecular formula is C30H22N6O. The van der Waals surface area contributed by atoms with Crippen LogP contribution in [-0.4, -0.2) is 25.8 Å². The van der Waals surface area contributed by atoms with Crippen molar-refractivity contribution in [2.45, 2.75) is 6.54 Å². The van der Waals surface area contributed by atoms with Crippen LogP contribution in [0.15, 0.2) is 104 Å². The molecule has 0 radical (unpaired) electrons. The molecule has 0 aliphatic heterocycles. The number of hydrogen-bond donors (Lipinski definition) is 2. The maximum absolute atomic E-state index is 13.4. The van der Waals surface area contributed by atoms with Gasteiger partial charge in [-0.1, -0.05) is 54.6 Å². The smallest absolute Gasteiger partial charge is 0.274 e. The number of aromatic nitrogens is 4. The minimum atomic E-state index is -0.324. The minimum Gasteiger partial charge on any atom is -0.326 e. The van der Waals surface area contributed by atoms with E-state index in [4.69, 9.17) is 10.7 Å². The first-order chi connectivity index (χ1) is 18.2. The quantitative estimate of drug-likeness (QED) is 0.330. The van der Waals surface area contributed by atoms with Crippen molar-refractivity contribution in [1.29, 1.82) is 0 Å². The first kappa shape index (κ1) is 22.5. The Balaban J connectivity index is 1.46. The highest BCUT2D eigenvalue weighted by molar-refractivity contribution is 6.12. The second kappa shape index (κ2) is 9.56. The molecule has 7 nitrogen and oxygen atoms in total. The molecule has 0 aliphatic rings. The van der Waals surface area contributed by atoms with E-state index in [2.05, 4.69) is 20.3 Å². The number of benzene rings is 3. The van der Waals surface area contributed by atoms with Crippen LogP contribution in [0.25, 0.3) is 44.3 Å². The van der Waals surface area contributed by atoms with Crippen molar-refractivity contribution < 1.29 is 4.79 Å². The molecule has 3 aromatic heterocycles. The van der Waals surface area contributed by atoms with Crippen LogP contribution in [0, 0.1) is 0 Å².